The van der Waals surface area contributed by atoms with E-state index >= 15 is 0 Å². The maximum Gasteiger partial charge on any atom is 0.269 e. The Morgan fingerprint density at radius 2 is 1.97 bits per heavy atom. The first-order chi connectivity index (χ1) is 14.1. The van der Waals surface area contributed by atoms with Gasteiger partial charge in [0.1, 0.15) is 0 Å². The van der Waals surface area contributed by atoms with Crippen molar-refractivity contribution in [2.45, 2.75) is 6.92 Å². The van der Waals surface area contributed by atoms with E-state index in [-0.39, 0.29) is 11.3 Å². The van der Waals surface area contributed by atoms with E-state index in [1.165, 1.54) is 6.07 Å². The molecule has 2 aromatic carbocycles. The van der Waals surface area contributed by atoms with Crippen LogP contribution in [0.25, 0.3) is 10.9 Å². The Kier molecular flexibility index (Phi) is 4.59. The Balaban J connectivity index is 1.98. The van der Waals surface area contributed by atoms with E-state index < -0.39 is 11.5 Å². The van der Waals surface area contributed by atoms with Gasteiger partial charge in [0, 0.05) is 11.8 Å². The molecule has 140 valence electrons. The highest BCUT2D eigenvalue weighted by Gasteiger charge is 2.20. The van der Waals surface area contributed by atoms with Gasteiger partial charge in [-0.25, -0.2) is 9.55 Å². The third kappa shape index (κ3) is 3.35. The van der Waals surface area contributed by atoms with Gasteiger partial charge in [-0.1, -0.05) is 18.2 Å². The van der Waals surface area contributed by atoms with Crippen molar-refractivity contribution in [3.05, 3.63) is 94.0 Å². The summed E-state index contributed by atoms with van der Waals surface area (Å²) in [5.41, 5.74) is 1.86. The Morgan fingerprint density at radius 1 is 1.14 bits per heavy atom. The molecule has 0 saturated carbocycles. The van der Waals surface area contributed by atoms with Gasteiger partial charge in [0.25, 0.3) is 11.5 Å². The Hall–Kier alpha value is -4.31. The summed E-state index contributed by atoms with van der Waals surface area (Å²) in [4.78, 5) is 35.1. The van der Waals surface area contributed by atoms with Crippen LogP contribution < -0.4 is 10.9 Å². The van der Waals surface area contributed by atoms with Gasteiger partial charge in [-0.15, -0.1) is 0 Å². The molecule has 4 aromatic rings. The van der Waals surface area contributed by atoms with Crippen molar-refractivity contribution in [3.8, 4) is 6.07 Å². The van der Waals surface area contributed by atoms with Crippen LogP contribution in [0.15, 0.2) is 71.8 Å². The molecule has 0 aliphatic heterocycles. The van der Waals surface area contributed by atoms with Gasteiger partial charge in [-0.3, -0.25) is 14.6 Å². The van der Waals surface area contributed by atoms with Crippen LogP contribution in [0, 0.1) is 18.3 Å². The minimum Gasteiger partial charge on any atom is -0.324 e. The third-order valence-electron chi connectivity index (χ3n) is 4.49. The van der Waals surface area contributed by atoms with Crippen LogP contribution in [0.4, 0.5) is 11.6 Å². The fourth-order valence-electron chi connectivity index (χ4n) is 3.03. The molecule has 0 unspecified atom stereocenters. The first-order valence-corrected chi connectivity index (χ1v) is 8.83. The van der Waals surface area contributed by atoms with E-state index in [1.54, 1.807) is 61.8 Å². The molecule has 2 aromatic heterocycles. The van der Waals surface area contributed by atoms with Gasteiger partial charge in [0.2, 0.25) is 5.95 Å². The van der Waals surface area contributed by atoms with Crippen LogP contribution in [0.1, 0.15) is 21.5 Å². The van der Waals surface area contributed by atoms with Crippen molar-refractivity contribution in [3.63, 3.8) is 0 Å². The molecular formula is C22H15N5O2. The maximum absolute atomic E-state index is 13.3. The number of nitriles is 1. The normalized spacial score (nSPS) is 10.5. The summed E-state index contributed by atoms with van der Waals surface area (Å²) in [7, 11) is 0. The highest BCUT2D eigenvalue weighted by Crippen LogP contribution is 2.19. The van der Waals surface area contributed by atoms with Crippen LogP contribution in [0.3, 0.4) is 0 Å². The van der Waals surface area contributed by atoms with Crippen molar-refractivity contribution < 1.29 is 4.79 Å². The summed E-state index contributed by atoms with van der Waals surface area (Å²) in [6, 6.07) is 17.1. The van der Waals surface area contributed by atoms with Crippen molar-refractivity contribution in [2.75, 3.05) is 5.32 Å². The number of carbonyl (C=O) groups excluding carboxylic acids is 1. The van der Waals surface area contributed by atoms with Crippen LogP contribution in [-0.4, -0.2) is 20.4 Å². The first-order valence-electron chi connectivity index (χ1n) is 8.83. The Bertz CT molecular complexity index is 1340. The van der Waals surface area contributed by atoms with E-state index in [1.807, 2.05) is 12.1 Å². The monoisotopic (exact) mass is 381 g/mol. The van der Waals surface area contributed by atoms with Crippen molar-refractivity contribution in [1.29, 1.82) is 5.26 Å². The number of carbonyl (C=O) groups is 1. The number of hydrogen-bond donors (Lipinski definition) is 1. The van der Waals surface area contributed by atoms with Crippen molar-refractivity contribution in [2.24, 2.45) is 0 Å². The standard InChI is InChI=1S/C22H15N5O2/c1-14-5-2-3-7-17(14)20(28)27-21(29)18-11-15(12-23)8-9-19(18)26-22(27)25-16-6-4-10-24-13-16/h2-11,13H,1H3,(H,25,26). The van der Waals surface area contributed by atoms with E-state index in [4.69, 9.17) is 5.26 Å². The molecule has 0 amide bonds. The van der Waals surface area contributed by atoms with Crippen LogP contribution in [0.5, 0.6) is 0 Å². The predicted octanol–water partition coefficient (Wildman–Crippen LogP) is 3.40. The fourth-order valence-corrected chi connectivity index (χ4v) is 3.03. The van der Waals surface area contributed by atoms with Gasteiger partial charge in [0.05, 0.1) is 34.4 Å². The van der Waals surface area contributed by atoms with Crippen molar-refractivity contribution in [1.82, 2.24) is 14.5 Å². The fraction of sp³-hybridized carbons (Fsp3) is 0.0455. The van der Waals surface area contributed by atoms with Gasteiger partial charge in [-0.05, 0) is 48.9 Å². The van der Waals surface area contributed by atoms with Gasteiger partial charge >= 0.3 is 0 Å². The summed E-state index contributed by atoms with van der Waals surface area (Å²) in [6.07, 6.45) is 3.19. The zero-order valence-corrected chi connectivity index (χ0v) is 15.5. The number of fused-ring (bicyclic) bond motifs is 1. The average molecular weight is 381 g/mol. The molecule has 2 heterocycles. The number of hydrogen-bond acceptors (Lipinski definition) is 6. The largest absolute Gasteiger partial charge is 0.324 e. The van der Waals surface area contributed by atoms with Crippen LogP contribution in [-0.2, 0) is 0 Å². The Labute approximate surface area is 165 Å². The minimum atomic E-state index is -0.549. The second kappa shape index (κ2) is 7.37. The maximum atomic E-state index is 13.3. The number of aromatic nitrogens is 3. The lowest BCUT2D eigenvalue weighted by molar-refractivity contribution is 0.0957. The molecule has 29 heavy (non-hydrogen) atoms. The zero-order valence-electron chi connectivity index (χ0n) is 15.5. The summed E-state index contributed by atoms with van der Waals surface area (Å²) < 4.78 is 0.999. The molecule has 0 saturated heterocycles. The zero-order chi connectivity index (χ0) is 20.4. The third-order valence-corrected chi connectivity index (χ3v) is 4.49. The quantitative estimate of drug-likeness (QED) is 0.584. The van der Waals surface area contributed by atoms with Gasteiger partial charge in [0.15, 0.2) is 0 Å². The average Bonchev–Trinajstić information content (AvgIpc) is 2.74. The highest BCUT2D eigenvalue weighted by atomic mass is 16.2. The van der Waals surface area contributed by atoms with E-state index in [9.17, 15) is 9.59 Å². The lowest BCUT2D eigenvalue weighted by atomic mass is 10.1. The number of aryl methyl sites for hydroxylation is 1. The van der Waals surface area contributed by atoms with Crippen LogP contribution >= 0.6 is 0 Å². The number of anilines is 2. The van der Waals surface area contributed by atoms with Crippen LogP contribution in [0.2, 0.25) is 0 Å². The summed E-state index contributed by atoms with van der Waals surface area (Å²) in [5, 5.41) is 12.4. The number of pyridine rings is 1. The molecule has 7 heteroatoms. The highest BCUT2D eigenvalue weighted by molar-refractivity contribution is 6.00. The number of benzene rings is 2. The molecule has 0 fully saturated rings. The smallest absolute Gasteiger partial charge is 0.269 e. The Morgan fingerprint density at radius 3 is 2.69 bits per heavy atom. The van der Waals surface area contributed by atoms with E-state index in [0.29, 0.717) is 22.3 Å². The molecule has 0 radical (unpaired) electrons. The van der Waals surface area contributed by atoms with E-state index in [2.05, 4.69) is 15.3 Å². The molecule has 1 N–H and O–H groups in total. The molecule has 0 bridgehead atoms. The topological polar surface area (TPSA) is 101 Å². The first kappa shape index (κ1) is 18.1. The number of rotatable bonds is 3. The lowest BCUT2D eigenvalue weighted by Gasteiger charge is -2.14. The molecule has 7 nitrogen and oxygen atoms in total. The lowest BCUT2D eigenvalue weighted by Crippen LogP contribution is -2.31. The molecule has 0 spiro atoms. The molecule has 4 rings (SSSR count). The van der Waals surface area contributed by atoms with Crippen molar-refractivity contribution >= 4 is 28.4 Å². The summed E-state index contributed by atoms with van der Waals surface area (Å²) in [5.74, 6) is -0.426. The van der Waals surface area contributed by atoms with Gasteiger partial charge < -0.3 is 5.32 Å². The molecular weight excluding hydrogens is 366 g/mol. The molecule has 0 aliphatic rings. The minimum absolute atomic E-state index is 0.0773. The molecule has 0 atom stereocenters. The summed E-state index contributed by atoms with van der Waals surface area (Å²) in [6.45, 7) is 1.80. The second-order valence-corrected chi connectivity index (χ2v) is 6.41. The van der Waals surface area contributed by atoms with Gasteiger partial charge in [-0.2, -0.15) is 5.26 Å². The predicted molar refractivity (Wildman–Crippen MR) is 109 cm³/mol. The number of nitrogens with zero attached hydrogens (tertiary/aromatic N) is 4. The number of nitrogens with one attached hydrogen (secondary N) is 1. The molecule has 0 aliphatic carbocycles. The van der Waals surface area contributed by atoms with E-state index in [0.717, 1.165) is 10.1 Å². The second-order valence-electron chi connectivity index (χ2n) is 6.41. The summed E-state index contributed by atoms with van der Waals surface area (Å²) >= 11 is 0. The SMILES string of the molecule is Cc1ccccc1C(=O)n1c(Nc2cccnc2)nc2ccc(C#N)cc2c1=O.